The molecule has 33 heavy (non-hydrogen) atoms. The minimum absolute atomic E-state index is 0.226. The first kappa shape index (κ1) is 21.8. The third-order valence-electron chi connectivity index (χ3n) is 5.57. The van der Waals surface area contributed by atoms with Crippen LogP contribution in [0, 0.1) is 0 Å². The highest BCUT2D eigenvalue weighted by Gasteiger charge is 2.43. The number of furan rings is 1. The van der Waals surface area contributed by atoms with Gasteiger partial charge in [0, 0.05) is 11.8 Å². The topological polar surface area (TPSA) is 50.5 Å². The molecule has 0 bridgehead atoms. The van der Waals surface area contributed by atoms with Gasteiger partial charge in [-0.05, 0) is 66.8 Å². The highest BCUT2D eigenvalue weighted by molar-refractivity contribution is 7.80. The van der Waals surface area contributed by atoms with Crippen LogP contribution in [-0.4, -0.2) is 17.2 Å². The summed E-state index contributed by atoms with van der Waals surface area (Å²) >= 11 is 18.1. The number of nitrogens with one attached hydrogen (secondary N) is 1. The quantitative estimate of drug-likeness (QED) is 0.306. The molecule has 0 aliphatic carbocycles. The molecule has 0 saturated carbocycles. The SMILES string of the molecule is COc1ccccc1N1C(=S)N[C@@H](c2ccccn2)[C@@H]1c1ccc(-c2ccc(Cl)c(Cl)c2)o1. The average Bonchev–Trinajstić information content (AvgIpc) is 3.46. The summed E-state index contributed by atoms with van der Waals surface area (Å²) in [5, 5.41) is 4.95. The molecule has 1 fully saturated rings. The summed E-state index contributed by atoms with van der Waals surface area (Å²) in [5.74, 6) is 2.12. The lowest BCUT2D eigenvalue weighted by molar-refractivity contribution is 0.409. The van der Waals surface area contributed by atoms with Crippen LogP contribution in [0.3, 0.4) is 0 Å². The molecule has 0 spiro atoms. The van der Waals surface area contributed by atoms with Gasteiger partial charge in [-0.3, -0.25) is 4.98 Å². The number of benzene rings is 2. The summed E-state index contributed by atoms with van der Waals surface area (Å²) in [4.78, 5) is 6.59. The fourth-order valence-corrected chi connectivity index (χ4v) is 4.69. The number of hydrogen-bond donors (Lipinski definition) is 1. The first-order valence-corrected chi connectivity index (χ1v) is 11.4. The number of methoxy groups -OCH3 is 1. The molecule has 0 unspecified atom stereocenters. The van der Waals surface area contributed by atoms with E-state index >= 15 is 0 Å². The van der Waals surface area contributed by atoms with Gasteiger partial charge >= 0.3 is 0 Å². The maximum atomic E-state index is 6.36. The second-order valence-electron chi connectivity index (χ2n) is 7.50. The summed E-state index contributed by atoms with van der Waals surface area (Å²) < 4.78 is 12.0. The maximum Gasteiger partial charge on any atom is 0.174 e. The van der Waals surface area contributed by atoms with Crippen LogP contribution in [0.25, 0.3) is 11.3 Å². The molecule has 0 amide bonds. The highest BCUT2D eigenvalue weighted by Crippen LogP contribution is 2.45. The number of nitrogens with zero attached hydrogens (tertiary/aromatic N) is 2. The van der Waals surface area contributed by atoms with Crippen molar-refractivity contribution < 1.29 is 9.15 Å². The second-order valence-corrected chi connectivity index (χ2v) is 8.70. The van der Waals surface area contributed by atoms with Gasteiger partial charge in [-0.2, -0.15) is 0 Å². The Labute approximate surface area is 206 Å². The first-order chi connectivity index (χ1) is 16.1. The molecule has 3 heterocycles. The third-order valence-corrected chi connectivity index (χ3v) is 6.62. The monoisotopic (exact) mass is 495 g/mol. The Kier molecular flexibility index (Phi) is 5.98. The fourth-order valence-electron chi connectivity index (χ4n) is 4.05. The molecule has 0 radical (unpaired) electrons. The molecule has 5 rings (SSSR count). The standard InChI is InChI=1S/C25H19Cl2N3O2S/c1-31-21-8-3-2-7-19(21)30-24(23(29-25(30)33)18-6-4-5-13-28-18)22-12-11-20(32-22)15-9-10-16(26)17(27)14-15/h2-14,23-24H,1H3,(H,29,33)/t23-,24-/m0/s1. The largest absolute Gasteiger partial charge is 0.495 e. The van der Waals surface area contributed by atoms with Crippen molar-refractivity contribution in [2.45, 2.75) is 12.1 Å². The Morgan fingerprint density at radius 1 is 1.00 bits per heavy atom. The Morgan fingerprint density at radius 3 is 2.58 bits per heavy atom. The average molecular weight is 496 g/mol. The Balaban J connectivity index is 1.62. The zero-order valence-corrected chi connectivity index (χ0v) is 19.9. The molecule has 5 nitrogen and oxygen atoms in total. The van der Waals surface area contributed by atoms with E-state index in [-0.39, 0.29) is 12.1 Å². The van der Waals surface area contributed by atoms with Crippen molar-refractivity contribution in [2.75, 3.05) is 12.0 Å². The molecule has 1 aliphatic rings. The van der Waals surface area contributed by atoms with E-state index in [4.69, 9.17) is 44.6 Å². The van der Waals surface area contributed by atoms with Crippen molar-refractivity contribution >= 4 is 46.2 Å². The Hall–Kier alpha value is -3.06. The lowest BCUT2D eigenvalue weighted by Gasteiger charge is -2.27. The fraction of sp³-hybridized carbons (Fsp3) is 0.120. The third kappa shape index (κ3) is 4.06. The predicted molar refractivity (Wildman–Crippen MR) is 135 cm³/mol. The van der Waals surface area contributed by atoms with E-state index in [1.165, 1.54) is 0 Å². The van der Waals surface area contributed by atoms with Gasteiger partial charge < -0.3 is 19.4 Å². The number of halogens is 2. The Morgan fingerprint density at radius 2 is 1.82 bits per heavy atom. The number of thiocarbonyl (C=S) groups is 1. The van der Waals surface area contributed by atoms with Gasteiger partial charge in [0.25, 0.3) is 0 Å². The van der Waals surface area contributed by atoms with E-state index < -0.39 is 0 Å². The van der Waals surface area contributed by atoms with Crippen molar-refractivity contribution in [1.82, 2.24) is 10.3 Å². The second kappa shape index (κ2) is 9.06. The number of rotatable bonds is 5. The van der Waals surface area contributed by atoms with Crippen molar-refractivity contribution in [3.05, 3.63) is 100 Å². The van der Waals surface area contributed by atoms with Crippen LogP contribution in [0.2, 0.25) is 10.0 Å². The number of pyridine rings is 1. The van der Waals surface area contributed by atoms with Crippen LogP contribution in [-0.2, 0) is 0 Å². The molecule has 4 aromatic rings. The van der Waals surface area contributed by atoms with Crippen LogP contribution in [0.15, 0.2) is 83.4 Å². The van der Waals surface area contributed by atoms with Crippen LogP contribution >= 0.6 is 35.4 Å². The lowest BCUT2D eigenvalue weighted by atomic mass is 10.0. The van der Waals surface area contributed by atoms with Crippen molar-refractivity contribution in [2.24, 2.45) is 0 Å². The van der Waals surface area contributed by atoms with Crippen molar-refractivity contribution in [3.8, 4) is 17.1 Å². The van der Waals surface area contributed by atoms with E-state index in [0.717, 1.165) is 22.7 Å². The van der Waals surface area contributed by atoms with Crippen LogP contribution in [0.4, 0.5) is 5.69 Å². The number of para-hydroxylation sites is 2. The normalized spacial score (nSPS) is 17.8. The minimum Gasteiger partial charge on any atom is -0.495 e. The molecular formula is C25H19Cl2N3O2S. The maximum absolute atomic E-state index is 6.36. The number of aromatic nitrogens is 1. The van der Waals surface area contributed by atoms with E-state index in [1.807, 2.05) is 65.6 Å². The predicted octanol–water partition coefficient (Wildman–Crippen LogP) is 6.83. The van der Waals surface area contributed by atoms with Gasteiger partial charge in [0.05, 0.1) is 34.6 Å². The number of ether oxygens (including phenoxy) is 1. The van der Waals surface area contributed by atoms with E-state index in [9.17, 15) is 0 Å². The summed E-state index contributed by atoms with van der Waals surface area (Å²) in [6.45, 7) is 0. The molecule has 166 valence electrons. The number of hydrogen-bond acceptors (Lipinski definition) is 4. The van der Waals surface area contributed by atoms with Gasteiger partial charge in [0.1, 0.15) is 23.3 Å². The molecule has 1 N–H and O–H groups in total. The molecular weight excluding hydrogens is 477 g/mol. The highest BCUT2D eigenvalue weighted by atomic mass is 35.5. The molecule has 2 aromatic carbocycles. The summed E-state index contributed by atoms with van der Waals surface area (Å²) in [6, 6.07) is 22.4. The summed E-state index contributed by atoms with van der Waals surface area (Å²) in [7, 11) is 1.64. The smallest absolute Gasteiger partial charge is 0.174 e. The van der Waals surface area contributed by atoms with Gasteiger partial charge in [-0.1, -0.05) is 41.4 Å². The molecule has 1 aliphatic heterocycles. The van der Waals surface area contributed by atoms with Crippen molar-refractivity contribution in [1.29, 1.82) is 0 Å². The molecule has 1 saturated heterocycles. The van der Waals surface area contributed by atoms with Crippen molar-refractivity contribution in [3.63, 3.8) is 0 Å². The zero-order valence-electron chi connectivity index (χ0n) is 17.5. The lowest BCUT2D eigenvalue weighted by Crippen LogP contribution is -2.29. The van der Waals surface area contributed by atoms with E-state index in [2.05, 4.69) is 10.3 Å². The van der Waals surface area contributed by atoms with E-state index in [1.54, 1.807) is 25.4 Å². The summed E-state index contributed by atoms with van der Waals surface area (Å²) in [6.07, 6.45) is 1.77. The van der Waals surface area contributed by atoms with Crippen LogP contribution in [0.1, 0.15) is 23.5 Å². The van der Waals surface area contributed by atoms with Gasteiger partial charge in [0.15, 0.2) is 5.11 Å². The Bertz CT molecular complexity index is 1310. The van der Waals surface area contributed by atoms with Gasteiger partial charge in [-0.25, -0.2) is 0 Å². The first-order valence-electron chi connectivity index (χ1n) is 10.3. The van der Waals surface area contributed by atoms with Gasteiger partial charge in [-0.15, -0.1) is 0 Å². The molecule has 2 atom stereocenters. The molecule has 2 aromatic heterocycles. The number of anilines is 1. The molecule has 8 heteroatoms. The zero-order chi connectivity index (χ0) is 22.9. The summed E-state index contributed by atoms with van der Waals surface area (Å²) in [5.41, 5.74) is 2.53. The minimum atomic E-state index is -0.291. The van der Waals surface area contributed by atoms with E-state index in [0.29, 0.717) is 26.7 Å². The van der Waals surface area contributed by atoms with Crippen LogP contribution in [0.5, 0.6) is 5.75 Å². The van der Waals surface area contributed by atoms with Gasteiger partial charge in [0.2, 0.25) is 0 Å². The van der Waals surface area contributed by atoms with Crippen LogP contribution < -0.4 is 15.0 Å².